The molecule has 19 heavy (non-hydrogen) atoms. The topological polar surface area (TPSA) is 27.7 Å². The summed E-state index contributed by atoms with van der Waals surface area (Å²) < 4.78 is 16.1. The van der Waals surface area contributed by atoms with E-state index in [1.165, 1.54) is 0 Å². The quantitative estimate of drug-likeness (QED) is 0.219. The van der Waals surface area contributed by atoms with Crippen LogP contribution in [0.1, 0.15) is 20.3 Å². The predicted octanol–water partition coefficient (Wildman–Crippen LogP) is -0.338. The van der Waals surface area contributed by atoms with Crippen LogP contribution in [0.5, 0.6) is 5.75 Å². The van der Waals surface area contributed by atoms with Crippen molar-refractivity contribution in [3.63, 3.8) is 0 Å². The van der Waals surface area contributed by atoms with Gasteiger partial charge < -0.3 is 14.2 Å². The molecule has 0 aliphatic heterocycles. The third-order valence-corrected chi connectivity index (χ3v) is 2.02. The second kappa shape index (κ2) is 12.1. The summed E-state index contributed by atoms with van der Waals surface area (Å²) in [5, 5.41) is 0. The molecule has 3 nitrogen and oxygen atoms in total. The van der Waals surface area contributed by atoms with Crippen molar-refractivity contribution in [2.24, 2.45) is 0 Å². The number of hydrogen-bond donors (Lipinski definition) is 0. The van der Waals surface area contributed by atoms with Gasteiger partial charge in [0.2, 0.25) is 6.29 Å². The van der Waals surface area contributed by atoms with Gasteiger partial charge in [0, 0.05) is 25.4 Å². The van der Waals surface area contributed by atoms with Crippen LogP contribution in [0.2, 0.25) is 0 Å². The number of hydrogen-bond acceptors (Lipinski definition) is 3. The van der Waals surface area contributed by atoms with Gasteiger partial charge in [0.25, 0.3) is 0 Å². The number of rotatable bonds is 7. The molecule has 0 fully saturated rings. The Labute approximate surface area is 127 Å². The molecule has 0 heterocycles. The molecule has 0 saturated carbocycles. The minimum atomic E-state index is -0.428. The van der Waals surface area contributed by atoms with E-state index >= 15 is 0 Å². The molecule has 0 radical (unpaired) electrons. The molecule has 4 heteroatoms. The van der Waals surface area contributed by atoms with Crippen LogP contribution in [0, 0.1) is 17.9 Å². The summed E-state index contributed by atoms with van der Waals surface area (Å²) in [6, 6.07) is 10.5. The zero-order chi connectivity index (χ0) is 13.1. The molecular formula is C15H19LiO3. The number of ether oxygens (including phenoxy) is 3. The van der Waals surface area contributed by atoms with Crippen LogP contribution in [-0.4, -0.2) is 26.1 Å². The smallest absolute Gasteiger partial charge is 0.518 e. The van der Waals surface area contributed by atoms with Gasteiger partial charge in [-0.25, -0.2) is 0 Å². The first kappa shape index (κ1) is 18.1. The summed E-state index contributed by atoms with van der Waals surface area (Å²) in [5.41, 5.74) is 0. The average molecular weight is 254 g/mol. The van der Waals surface area contributed by atoms with Crippen molar-refractivity contribution in [3.05, 3.63) is 30.3 Å². The summed E-state index contributed by atoms with van der Waals surface area (Å²) in [6.45, 7) is 5.56. The van der Waals surface area contributed by atoms with Crippen LogP contribution in [0.4, 0.5) is 0 Å². The third kappa shape index (κ3) is 8.76. The van der Waals surface area contributed by atoms with Crippen LogP contribution >= 0.6 is 0 Å². The Morgan fingerprint density at radius 2 is 1.95 bits per heavy atom. The Morgan fingerprint density at radius 3 is 2.53 bits per heavy atom. The molecule has 0 aliphatic rings. The van der Waals surface area contributed by atoms with Crippen LogP contribution in [0.3, 0.4) is 0 Å². The summed E-state index contributed by atoms with van der Waals surface area (Å²) in [4.78, 5) is 0. The molecule has 1 rings (SSSR count). The number of para-hydroxylation sites is 1. The standard InChI is InChI=1S/C15H19O3.Li/c1-3-16-15(17-4-2)12-8-9-13-18-14-10-6-5-7-11-14;/h5-7,10,15H,3-4,9,13H2,1-2H3;/q-1;+1. The van der Waals surface area contributed by atoms with Crippen molar-refractivity contribution in [1.29, 1.82) is 0 Å². The maximum atomic E-state index is 5.47. The van der Waals surface area contributed by atoms with Gasteiger partial charge in [-0.3, -0.25) is 0 Å². The minimum Gasteiger partial charge on any atom is -0.518 e. The van der Waals surface area contributed by atoms with E-state index in [9.17, 15) is 0 Å². The molecule has 0 bridgehead atoms. The van der Waals surface area contributed by atoms with Gasteiger partial charge in [0.05, 0.1) is 6.61 Å². The van der Waals surface area contributed by atoms with E-state index in [4.69, 9.17) is 14.2 Å². The van der Waals surface area contributed by atoms with E-state index in [1.807, 2.05) is 38.1 Å². The summed E-state index contributed by atoms with van der Waals surface area (Å²) in [6.07, 6.45) is 0.211. The van der Waals surface area contributed by atoms with Gasteiger partial charge in [-0.05, 0) is 19.8 Å². The average Bonchev–Trinajstić information content (AvgIpc) is 2.40. The van der Waals surface area contributed by atoms with Gasteiger partial charge in [-0.2, -0.15) is 18.2 Å². The van der Waals surface area contributed by atoms with Crippen molar-refractivity contribution in [2.45, 2.75) is 26.6 Å². The molecule has 0 amide bonds. The van der Waals surface area contributed by atoms with Crippen molar-refractivity contribution in [1.82, 2.24) is 0 Å². The fourth-order valence-corrected chi connectivity index (χ4v) is 1.27. The maximum absolute atomic E-state index is 5.47. The maximum Gasteiger partial charge on any atom is 1.00 e. The molecule has 1 aromatic carbocycles. The summed E-state index contributed by atoms with van der Waals surface area (Å²) >= 11 is 0. The van der Waals surface area contributed by atoms with E-state index in [1.54, 1.807) is 0 Å². The largest absolute Gasteiger partial charge is 1.00 e. The molecule has 0 unspecified atom stereocenters. The van der Waals surface area contributed by atoms with E-state index in [0.29, 0.717) is 26.2 Å². The molecule has 1 aromatic rings. The van der Waals surface area contributed by atoms with Gasteiger partial charge in [-0.15, -0.1) is 12.1 Å². The number of benzene rings is 1. The van der Waals surface area contributed by atoms with Gasteiger partial charge in [0.1, 0.15) is 0 Å². The zero-order valence-electron chi connectivity index (χ0n) is 11.9. The molecule has 0 atom stereocenters. The summed E-state index contributed by atoms with van der Waals surface area (Å²) in [5.74, 6) is 6.65. The van der Waals surface area contributed by atoms with Gasteiger partial charge in [-0.1, -0.05) is 5.92 Å². The first-order valence-corrected chi connectivity index (χ1v) is 6.18. The van der Waals surface area contributed by atoms with Crippen LogP contribution < -0.4 is 23.6 Å². The van der Waals surface area contributed by atoms with E-state index < -0.39 is 6.29 Å². The SMILES string of the molecule is CCOC(C#CCCOc1[c-]cccc1)OCC.[Li+]. The van der Waals surface area contributed by atoms with E-state index in [2.05, 4.69) is 17.9 Å². The first-order chi connectivity index (χ1) is 8.86. The molecule has 0 saturated heterocycles. The van der Waals surface area contributed by atoms with Crippen molar-refractivity contribution in [2.75, 3.05) is 19.8 Å². The second-order valence-corrected chi connectivity index (χ2v) is 3.39. The Morgan fingerprint density at radius 1 is 1.21 bits per heavy atom. The van der Waals surface area contributed by atoms with Crippen molar-refractivity contribution >= 4 is 0 Å². The minimum absolute atomic E-state index is 0. The Kier molecular flexibility index (Phi) is 11.6. The monoisotopic (exact) mass is 254 g/mol. The molecule has 98 valence electrons. The third-order valence-electron chi connectivity index (χ3n) is 2.02. The Hall–Kier alpha value is -0.903. The summed E-state index contributed by atoms with van der Waals surface area (Å²) in [7, 11) is 0. The van der Waals surface area contributed by atoms with Crippen LogP contribution in [0.15, 0.2) is 24.3 Å². The van der Waals surface area contributed by atoms with Crippen molar-refractivity contribution < 1.29 is 33.1 Å². The molecule has 0 aromatic heterocycles. The fraction of sp³-hybridized carbons (Fsp3) is 0.467. The van der Waals surface area contributed by atoms with Gasteiger partial charge in [0.15, 0.2) is 0 Å². The normalized spacial score (nSPS) is 9.42. The van der Waals surface area contributed by atoms with E-state index in [0.717, 1.165) is 5.75 Å². The van der Waals surface area contributed by atoms with Crippen molar-refractivity contribution in [3.8, 4) is 17.6 Å². The predicted molar refractivity (Wildman–Crippen MR) is 70.2 cm³/mol. The Balaban J connectivity index is 0.00000324. The molecule has 0 N–H and O–H groups in total. The molecular weight excluding hydrogens is 235 g/mol. The fourth-order valence-electron chi connectivity index (χ4n) is 1.27. The Bertz CT molecular complexity index is 364. The van der Waals surface area contributed by atoms with Crippen LogP contribution in [-0.2, 0) is 9.47 Å². The zero-order valence-corrected chi connectivity index (χ0v) is 11.9. The van der Waals surface area contributed by atoms with E-state index in [-0.39, 0.29) is 18.9 Å². The molecule has 0 aliphatic carbocycles. The van der Waals surface area contributed by atoms with Gasteiger partial charge >= 0.3 is 18.9 Å². The van der Waals surface area contributed by atoms with Crippen LogP contribution in [0.25, 0.3) is 0 Å². The first-order valence-electron chi connectivity index (χ1n) is 6.18. The molecule has 0 spiro atoms. The second-order valence-electron chi connectivity index (χ2n) is 3.39.